The van der Waals surface area contributed by atoms with Crippen LogP contribution in [0.15, 0.2) is 29.9 Å². The zero-order valence-corrected chi connectivity index (χ0v) is 10.4. The molecule has 0 bridgehead atoms. The van der Waals surface area contributed by atoms with E-state index >= 15 is 0 Å². The van der Waals surface area contributed by atoms with Crippen molar-refractivity contribution >= 4 is 12.0 Å². The van der Waals surface area contributed by atoms with Crippen LogP contribution in [0.5, 0.6) is 0 Å². The van der Waals surface area contributed by atoms with Crippen LogP contribution in [-0.2, 0) is 9.53 Å². The maximum atomic E-state index is 11.3. The minimum Gasteiger partial charge on any atom is -0.458 e. The van der Waals surface area contributed by atoms with Gasteiger partial charge < -0.3 is 4.74 Å². The fourth-order valence-electron chi connectivity index (χ4n) is 1.91. The zero-order chi connectivity index (χ0) is 12.4. The lowest BCUT2D eigenvalue weighted by molar-refractivity contribution is -0.135. The molecule has 17 heavy (non-hydrogen) atoms. The van der Waals surface area contributed by atoms with Crippen LogP contribution in [0.2, 0.25) is 0 Å². The summed E-state index contributed by atoms with van der Waals surface area (Å²) in [7, 11) is 0. The number of hydrogen-bond acceptors (Lipinski definition) is 2. The molecule has 1 heterocycles. The Kier molecular flexibility index (Phi) is 3.14. The van der Waals surface area contributed by atoms with Crippen LogP contribution in [0.1, 0.15) is 22.3 Å². The quantitative estimate of drug-likeness (QED) is 0.727. The van der Waals surface area contributed by atoms with Crippen molar-refractivity contribution in [3.8, 4) is 0 Å². The highest BCUT2D eigenvalue weighted by Gasteiger charge is 2.13. The van der Waals surface area contributed by atoms with Crippen molar-refractivity contribution in [3.05, 3.63) is 52.1 Å². The van der Waals surface area contributed by atoms with E-state index in [0.717, 1.165) is 0 Å². The van der Waals surface area contributed by atoms with Gasteiger partial charge in [0.15, 0.2) is 0 Å². The number of ether oxygens (including phenoxy) is 1. The molecular weight excluding hydrogens is 212 g/mol. The molecule has 1 aromatic carbocycles. The Hall–Kier alpha value is -1.83. The zero-order valence-electron chi connectivity index (χ0n) is 10.4. The lowest BCUT2D eigenvalue weighted by Gasteiger charge is -2.08. The van der Waals surface area contributed by atoms with Crippen LogP contribution in [0.3, 0.4) is 0 Å². The molecule has 0 spiro atoms. The van der Waals surface area contributed by atoms with Crippen LogP contribution < -0.4 is 0 Å². The average molecular weight is 228 g/mol. The molecule has 0 amide bonds. The summed E-state index contributed by atoms with van der Waals surface area (Å²) < 4.78 is 4.86. The van der Waals surface area contributed by atoms with Gasteiger partial charge in [-0.25, -0.2) is 4.79 Å². The summed E-state index contributed by atoms with van der Waals surface area (Å²) in [6.07, 6.45) is 5.64. The number of benzene rings is 1. The van der Waals surface area contributed by atoms with Crippen molar-refractivity contribution in [3.63, 3.8) is 0 Å². The highest BCUT2D eigenvalue weighted by molar-refractivity contribution is 5.94. The minimum atomic E-state index is -0.232. The van der Waals surface area contributed by atoms with Gasteiger partial charge >= 0.3 is 5.97 Å². The Labute approximate surface area is 102 Å². The van der Waals surface area contributed by atoms with E-state index in [-0.39, 0.29) is 5.97 Å². The first-order valence-corrected chi connectivity index (χ1v) is 5.72. The van der Waals surface area contributed by atoms with Gasteiger partial charge in [-0.3, -0.25) is 0 Å². The Morgan fingerprint density at radius 3 is 2.47 bits per heavy atom. The van der Waals surface area contributed by atoms with Crippen LogP contribution in [0, 0.1) is 20.8 Å². The third-order valence-corrected chi connectivity index (χ3v) is 3.19. The van der Waals surface area contributed by atoms with E-state index < -0.39 is 0 Å². The van der Waals surface area contributed by atoms with Crippen molar-refractivity contribution in [2.24, 2.45) is 0 Å². The molecule has 1 aromatic rings. The van der Waals surface area contributed by atoms with Crippen LogP contribution >= 0.6 is 0 Å². The molecule has 0 unspecified atom stereocenters. The normalized spacial score (nSPS) is 15.2. The topological polar surface area (TPSA) is 26.3 Å². The van der Waals surface area contributed by atoms with Crippen LogP contribution in [-0.4, -0.2) is 12.6 Å². The van der Waals surface area contributed by atoms with Crippen LogP contribution in [0.25, 0.3) is 6.08 Å². The molecule has 0 N–H and O–H groups in total. The Morgan fingerprint density at radius 1 is 1.12 bits per heavy atom. The van der Waals surface area contributed by atoms with E-state index in [1.165, 1.54) is 22.3 Å². The van der Waals surface area contributed by atoms with E-state index in [9.17, 15) is 4.79 Å². The van der Waals surface area contributed by atoms with Crippen molar-refractivity contribution in [1.29, 1.82) is 0 Å². The van der Waals surface area contributed by atoms with Gasteiger partial charge in [0.05, 0.1) is 5.57 Å². The number of carbonyl (C=O) groups is 1. The molecule has 2 heteroatoms. The maximum absolute atomic E-state index is 11.3. The summed E-state index contributed by atoms with van der Waals surface area (Å²) >= 11 is 0. The van der Waals surface area contributed by atoms with E-state index in [4.69, 9.17) is 4.74 Å². The molecule has 1 aliphatic rings. The van der Waals surface area contributed by atoms with Gasteiger partial charge in [0.25, 0.3) is 0 Å². The standard InChI is InChI=1S/C15H16O2/c1-10-4-5-11(2)14(12(10)3)7-6-13-8-9-17-15(13)16/h4-8H,9H2,1-3H3/b7-6+. The van der Waals surface area contributed by atoms with Gasteiger partial charge in [-0.2, -0.15) is 0 Å². The van der Waals surface area contributed by atoms with Gasteiger partial charge in [-0.05, 0) is 55.2 Å². The van der Waals surface area contributed by atoms with Gasteiger partial charge in [0, 0.05) is 0 Å². The smallest absolute Gasteiger partial charge is 0.338 e. The molecule has 1 aliphatic heterocycles. The molecule has 2 nitrogen and oxygen atoms in total. The number of hydrogen-bond donors (Lipinski definition) is 0. The SMILES string of the molecule is Cc1ccc(C)c(/C=C/C2=CCOC2=O)c1C. The highest BCUT2D eigenvalue weighted by Crippen LogP contribution is 2.20. The molecule has 88 valence electrons. The number of cyclic esters (lactones) is 1. The predicted molar refractivity (Wildman–Crippen MR) is 68.7 cm³/mol. The molecule has 0 atom stereocenters. The summed E-state index contributed by atoms with van der Waals surface area (Å²) in [5.41, 5.74) is 5.57. The summed E-state index contributed by atoms with van der Waals surface area (Å²) in [6.45, 7) is 6.66. The average Bonchev–Trinajstić information content (AvgIpc) is 2.70. The Bertz CT molecular complexity index is 522. The molecular formula is C15H16O2. The molecule has 0 saturated heterocycles. The highest BCUT2D eigenvalue weighted by atomic mass is 16.5. The number of esters is 1. The minimum absolute atomic E-state index is 0.232. The van der Waals surface area contributed by atoms with E-state index in [1.54, 1.807) is 6.08 Å². The second-order valence-electron chi connectivity index (χ2n) is 4.33. The van der Waals surface area contributed by atoms with E-state index in [2.05, 4.69) is 32.9 Å². The maximum Gasteiger partial charge on any atom is 0.338 e. The first-order chi connectivity index (χ1) is 8.09. The molecule has 2 rings (SSSR count). The molecule has 0 radical (unpaired) electrons. The lowest BCUT2D eigenvalue weighted by atomic mass is 9.97. The first-order valence-electron chi connectivity index (χ1n) is 5.72. The lowest BCUT2D eigenvalue weighted by Crippen LogP contribution is -1.97. The molecule has 0 saturated carbocycles. The molecule has 0 aromatic heterocycles. The first kappa shape index (κ1) is 11.6. The number of aryl methyl sites for hydroxylation is 2. The Morgan fingerprint density at radius 2 is 1.82 bits per heavy atom. The summed E-state index contributed by atoms with van der Waals surface area (Å²) in [6, 6.07) is 4.22. The third-order valence-electron chi connectivity index (χ3n) is 3.19. The van der Waals surface area contributed by atoms with Gasteiger partial charge in [0.1, 0.15) is 6.61 Å². The van der Waals surface area contributed by atoms with E-state index in [1.807, 2.05) is 12.2 Å². The van der Waals surface area contributed by atoms with Crippen molar-refractivity contribution < 1.29 is 9.53 Å². The third kappa shape index (κ3) is 2.31. The summed E-state index contributed by atoms with van der Waals surface area (Å²) in [4.78, 5) is 11.3. The monoisotopic (exact) mass is 228 g/mol. The Balaban J connectivity index is 2.33. The van der Waals surface area contributed by atoms with Gasteiger partial charge in [0.2, 0.25) is 0 Å². The van der Waals surface area contributed by atoms with Gasteiger partial charge in [-0.1, -0.05) is 18.2 Å². The second-order valence-corrected chi connectivity index (χ2v) is 4.33. The van der Waals surface area contributed by atoms with Crippen molar-refractivity contribution in [1.82, 2.24) is 0 Å². The molecule has 0 aliphatic carbocycles. The van der Waals surface area contributed by atoms with Crippen LogP contribution in [0.4, 0.5) is 0 Å². The number of carbonyl (C=O) groups excluding carboxylic acids is 1. The fourth-order valence-corrected chi connectivity index (χ4v) is 1.91. The second kappa shape index (κ2) is 4.58. The predicted octanol–water partition coefficient (Wildman–Crippen LogP) is 3.11. The van der Waals surface area contributed by atoms with Crippen molar-refractivity contribution in [2.45, 2.75) is 20.8 Å². The largest absolute Gasteiger partial charge is 0.458 e. The summed E-state index contributed by atoms with van der Waals surface area (Å²) in [5, 5.41) is 0. The fraction of sp³-hybridized carbons (Fsp3) is 0.267. The van der Waals surface area contributed by atoms with Crippen molar-refractivity contribution in [2.75, 3.05) is 6.61 Å². The van der Waals surface area contributed by atoms with E-state index in [0.29, 0.717) is 12.2 Å². The molecule has 0 fully saturated rings. The van der Waals surface area contributed by atoms with Gasteiger partial charge in [-0.15, -0.1) is 0 Å². The number of rotatable bonds is 2. The summed E-state index contributed by atoms with van der Waals surface area (Å²) in [5.74, 6) is -0.232.